The van der Waals surface area contributed by atoms with E-state index in [1.54, 1.807) is 0 Å². The molecule has 0 bridgehead atoms. The molecule has 0 spiro atoms. The van der Waals surface area contributed by atoms with Gasteiger partial charge in [-0.15, -0.1) is 0 Å². The molecule has 2 nitrogen and oxygen atoms in total. The van der Waals surface area contributed by atoms with Gasteiger partial charge in [-0.05, 0) is 23.3 Å². The second kappa shape index (κ2) is 7.50. The zero-order valence-electron chi connectivity index (χ0n) is 18.4. The standard InChI is InChI=1S/C32H20O2/c1-2-9-21(10-3-1)22-17-19-23(20-18-22)31-24-11-4-5-12-25(24)32(34-31)27-14-8-16-29-30(27)26-13-6-7-15-28(26)33-29/h1-20H. The van der Waals surface area contributed by atoms with Crippen molar-refractivity contribution in [3.05, 3.63) is 121 Å². The van der Waals surface area contributed by atoms with Crippen molar-refractivity contribution >= 4 is 32.7 Å². The number of fused-ring (bicyclic) bond motifs is 4. The first kappa shape index (κ1) is 19.0. The first-order chi connectivity index (χ1) is 16.9. The summed E-state index contributed by atoms with van der Waals surface area (Å²) in [4.78, 5) is 0. The Hall–Kier alpha value is -4.56. The van der Waals surface area contributed by atoms with Crippen molar-refractivity contribution < 1.29 is 8.83 Å². The van der Waals surface area contributed by atoms with E-state index in [1.807, 2.05) is 36.4 Å². The van der Waals surface area contributed by atoms with Crippen LogP contribution in [0, 0.1) is 0 Å². The van der Waals surface area contributed by atoms with Crippen LogP contribution in [0.3, 0.4) is 0 Å². The highest BCUT2D eigenvalue weighted by molar-refractivity contribution is 6.15. The average Bonchev–Trinajstić information content (AvgIpc) is 3.48. The highest BCUT2D eigenvalue weighted by Gasteiger charge is 2.20. The lowest BCUT2D eigenvalue weighted by molar-refractivity contribution is 0.602. The van der Waals surface area contributed by atoms with Gasteiger partial charge in [0.15, 0.2) is 0 Å². The molecule has 2 aromatic heterocycles. The smallest absolute Gasteiger partial charge is 0.143 e. The summed E-state index contributed by atoms with van der Waals surface area (Å²) in [7, 11) is 0. The van der Waals surface area contributed by atoms with Crippen LogP contribution in [-0.2, 0) is 0 Å². The molecule has 2 heteroatoms. The molecule has 0 saturated carbocycles. The highest BCUT2D eigenvalue weighted by atomic mass is 16.3. The fraction of sp³-hybridized carbons (Fsp3) is 0. The molecule has 0 radical (unpaired) electrons. The molecule has 0 aliphatic heterocycles. The molecule has 0 N–H and O–H groups in total. The van der Waals surface area contributed by atoms with Crippen LogP contribution in [0.15, 0.2) is 130 Å². The van der Waals surface area contributed by atoms with Crippen molar-refractivity contribution in [2.24, 2.45) is 0 Å². The molecule has 0 unspecified atom stereocenters. The van der Waals surface area contributed by atoms with Gasteiger partial charge in [-0.2, -0.15) is 0 Å². The maximum Gasteiger partial charge on any atom is 0.143 e. The molecule has 5 aromatic carbocycles. The van der Waals surface area contributed by atoms with Crippen molar-refractivity contribution in [1.82, 2.24) is 0 Å². The van der Waals surface area contributed by atoms with Crippen LogP contribution >= 0.6 is 0 Å². The normalized spacial score (nSPS) is 11.5. The molecule has 0 fully saturated rings. The van der Waals surface area contributed by atoms with Crippen molar-refractivity contribution in [3.8, 4) is 33.8 Å². The lowest BCUT2D eigenvalue weighted by Crippen LogP contribution is -1.79. The Morgan fingerprint density at radius 1 is 0.353 bits per heavy atom. The molecule has 0 aliphatic rings. The molecule has 0 atom stereocenters. The first-order valence-electron chi connectivity index (χ1n) is 11.4. The lowest BCUT2D eigenvalue weighted by atomic mass is 10.00. The Bertz CT molecular complexity index is 1780. The van der Waals surface area contributed by atoms with E-state index in [1.165, 1.54) is 11.1 Å². The maximum absolute atomic E-state index is 6.67. The summed E-state index contributed by atoms with van der Waals surface area (Å²) in [6.07, 6.45) is 0. The Labute approximate surface area is 196 Å². The van der Waals surface area contributed by atoms with Crippen LogP contribution in [0.4, 0.5) is 0 Å². The SMILES string of the molecule is c1ccc(-c2ccc(-c3oc(-c4cccc5oc6ccccc6c45)c4ccccc34)cc2)cc1. The summed E-state index contributed by atoms with van der Waals surface area (Å²) < 4.78 is 12.8. The summed E-state index contributed by atoms with van der Waals surface area (Å²) in [5, 5.41) is 4.39. The largest absolute Gasteiger partial charge is 0.456 e. The molecular formula is C32H20O2. The predicted octanol–water partition coefficient (Wildman–Crippen LogP) is 9.33. The van der Waals surface area contributed by atoms with Gasteiger partial charge in [0.05, 0.1) is 0 Å². The van der Waals surface area contributed by atoms with Crippen LogP contribution in [0.25, 0.3) is 66.5 Å². The summed E-state index contributed by atoms with van der Waals surface area (Å²) in [5.41, 5.74) is 6.26. The monoisotopic (exact) mass is 436 g/mol. The van der Waals surface area contributed by atoms with Gasteiger partial charge in [0.1, 0.15) is 22.7 Å². The molecule has 7 rings (SSSR count). The zero-order valence-corrected chi connectivity index (χ0v) is 18.4. The zero-order chi connectivity index (χ0) is 22.5. The Morgan fingerprint density at radius 2 is 0.941 bits per heavy atom. The second-order valence-corrected chi connectivity index (χ2v) is 8.53. The average molecular weight is 437 g/mol. The number of rotatable bonds is 3. The summed E-state index contributed by atoms with van der Waals surface area (Å²) in [6.45, 7) is 0. The Kier molecular flexibility index (Phi) is 4.18. The van der Waals surface area contributed by atoms with Crippen molar-refractivity contribution in [1.29, 1.82) is 0 Å². The summed E-state index contributed by atoms with van der Waals surface area (Å²) in [6, 6.07) is 41.8. The van der Waals surface area contributed by atoms with Gasteiger partial charge in [-0.1, -0.05) is 109 Å². The van der Waals surface area contributed by atoms with Crippen LogP contribution in [0.1, 0.15) is 0 Å². The van der Waals surface area contributed by atoms with Gasteiger partial charge in [0, 0.05) is 32.7 Å². The third-order valence-electron chi connectivity index (χ3n) is 6.52. The molecule has 160 valence electrons. The van der Waals surface area contributed by atoms with Gasteiger partial charge < -0.3 is 8.83 Å². The molecule has 0 aliphatic carbocycles. The minimum Gasteiger partial charge on any atom is -0.456 e. The molecular weight excluding hydrogens is 416 g/mol. The molecule has 0 saturated heterocycles. The van der Waals surface area contributed by atoms with Gasteiger partial charge >= 0.3 is 0 Å². The van der Waals surface area contributed by atoms with E-state index in [4.69, 9.17) is 8.83 Å². The number of para-hydroxylation sites is 1. The van der Waals surface area contributed by atoms with Gasteiger partial charge in [-0.25, -0.2) is 0 Å². The molecule has 7 aromatic rings. The van der Waals surface area contributed by atoms with Crippen molar-refractivity contribution in [3.63, 3.8) is 0 Å². The Balaban J connectivity index is 1.44. The van der Waals surface area contributed by atoms with Gasteiger partial charge in [0.25, 0.3) is 0 Å². The van der Waals surface area contributed by atoms with Gasteiger partial charge in [0.2, 0.25) is 0 Å². The van der Waals surface area contributed by atoms with Crippen LogP contribution in [0.2, 0.25) is 0 Å². The fourth-order valence-electron chi connectivity index (χ4n) is 4.91. The number of furan rings is 2. The van der Waals surface area contributed by atoms with E-state index in [0.29, 0.717) is 0 Å². The quantitative estimate of drug-likeness (QED) is 0.276. The van der Waals surface area contributed by atoms with E-state index in [9.17, 15) is 0 Å². The van der Waals surface area contributed by atoms with Crippen molar-refractivity contribution in [2.45, 2.75) is 0 Å². The number of hydrogen-bond acceptors (Lipinski definition) is 2. The topological polar surface area (TPSA) is 26.3 Å². The van der Waals surface area contributed by atoms with Crippen LogP contribution in [0.5, 0.6) is 0 Å². The van der Waals surface area contributed by atoms with Crippen molar-refractivity contribution in [2.75, 3.05) is 0 Å². The highest BCUT2D eigenvalue weighted by Crippen LogP contribution is 2.43. The van der Waals surface area contributed by atoms with E-state index in [2.05, 4.69) is 84.9 Å². The molecule has 2 heterocycles. The van der Waals surface area contributed by atoms with Gasteiger partial charge in [-0.3, -0.25) is 0 Å². The minimum absolute atomic E-state index is 0.868. The molecule has 0 amide bonds. The minimum atomic E-state index is 0.868. The lowest BCUT2D eigenvalue weighted by Gasteiger charge is -2.04. The van der Waals surface area contributed by atoms with Crippen LogP contribution < -0.4 is 0 Å². The fourth-order valence-corrected chi connectivity index (χ4v) is 4.91. The summed E-state index contributed by atoms with van der Waals surface area (Å²) in [5.74, 6) is 1.75. The summed E-state index contributed by atoms with van der Waals surface area (Å²) >= 11 is 0. The third kappa shape index (κ3) is 2.89. The van der Waals surface area contributed by atoms with E-state index < -0.39 is 0 Å². The number of hydrogen-bond donors (Lipinski definition) is 0. The second-order valence-electron chi connectivity index (χ2n) is 8.53. The maximum atomic E-state index is 6.67. The molecule has 34 heavy (non-hydrogen) atoms. The third-order valence-corrected chi connectivity index (χ3v) is 6.52. The predicted molar refractivity (Wildman–Crippen MR) is 140 cm³/mol. The van der Waals surface area contributed by atoms with E-state index >= 15 is 0 Å². The first-order valence-corrected chi connectivity index (χ1v) is 11.4. The number of benzene rings is 5. The Morgan fingerprint density at radius 3 is 1.74 bits per heavy atom. The van der Waals surface area contributed by atoms with E-state index in [0.717, 1.165) is 55.4 Å². The van der Waals surface area contributed by atoms with Crippen LogP contribution in [-0.4, -0.2) is 0 Å². The van der Waals surface area contributed by atoms with E-state index in [-0.39, 0.29) is 0 Å².